The number of benzene rings is 2. The van der Waals surface area contributed by atoms with E-state index in [1.807, 2.05) is 42.5 Å². The third-order valence-corrected chi connectivity index (χ3v) is 12.9. The van der Waals surface area contributed by atoms with Crippen LogP contribution in [-0.4, -0.2) is 43.4 Å². The molecule has 0 spiro atoms. The largest absolute Gasteiger partial charge is 0.401 e. The summed E-state index contributed by atoms with van der Waals surface area (Å²) in [6, 6.07) is 20.7. The van der Waals surface area contributed by atoms with Crippen LogP contribution in [0.3, 0.4) is 0 Å². The molecule has 3 atom stereocenters. The van der Waals surface area contributed by atoms with E-state index in [9.17, 15) is 14.2 Å². The third kappa shape index (κ3) is 5.79. The molecule has 1 fully saturated rings. The number of H-pyrrole nitrogens is 1. The third-order valence-electron chi connectivity index (χ3n) is 6.95. The second kappa shape index (κ2) is 10.8. The van der Waals surface area contributed by atoms with E-state index in [4.69, 9.17) is 9.16 Å². The van der Waals surface area contributed by atoms with E-state index in [1.54, 1.807) is 26.1 Å². The van der Waals surface area contributed by atoms with Gasteiger partial charge in [0, 0.05) is 18.2 Å². The summed E-state index contributed by atoms with van der Waals surface area (Å²) in [6.45, 7) is 11.7. The van der Waals surface area contributed by atoms with Gasteiger partial charge >= 0.3 is 5.69 Å². The molecule has 4 rings (SSSR count). The van der Waals surface area contributed by atoms with Crippen molar-refractivity contribution in [2.24, 2.45) is 0 Å². The highest BCUT2D eigenvalue weighted by molar-refractivity contribution is 7.65. The van der Waals surface area contributed by atoms with Gasteiger partial charge in [-0.1, -0.05) is 81.4 Å². The molecule has 9 heteroatoms. The van der Waals surface area contributed by atoms with E-state index in [0.29, 0.717) is 12.0 Å². The Morgan fingerprint density at radius 3 is 2.08 bits per heavy atom. The number of aromatic amines is 1. The quantitative estimate of drug-likeness (QED) is 0.350. The summed E-state index contributed by atoms with van der Waals surface area (Å²) in [5, 5.41) is 2.02. The molecule has 1 aliphatic rings. The maximum Gasteiger partial charge on any atom is 0.330 e. The highest BCUT2D eigenvalue weighted by Gasteiger charge is 2.53. The molecule has 2 heterocycles. The molecule has 2 aromatic carbocycles. The molecule has 1 aliphatic heterocycles. The number of rotatable bonds is 7. The number of hydrogen-bond donors (Lipinski definition) is 1. The first-order chi connectivity index (χ1) is 17.8. The number of hydrogen-bond acceptors (Lipinski definition) is 5. The van der Waals surface area contributed by atoms with Gasteiger partial charge in [-0.15, -0.1) is 0 Å². The van der Waals surface area contributed by atoms with Crippen molar-refractivity contribution in [1.29, 1.82) is 0 Å². The van der Waals surface area contributed by atoms with Gasteiger partial charge in [-0.25, -0.2) is 4.79 Å². The predicted molar refractivity (Wildman–Crippen MR) is 156 cm³/mol. The van der Waals surface area contributed by atoms with E-state index in [2.05, 4.69) is 50.0 Å². The Kier molecular flexibility index (Phi) is 8.01. The first kappa shape index (κ1) is 28.2. The zero-order chi connectivity index (χ0) is 27.7. The van der Waals surface area contributed by atoms with Gasteiger partial charge in [0.15, 0.2) is 0 Å². The lowest BCUT2D eigenvalue weighted by Crippen LogP contribution is -2.68. The molecule has 1 N–H and O–H groups in total. The summed E-state index contributed by atoms with van der Waals surface area (Å²) in [4.78, 5) is 27.1. The normalized spacial score (nSPS) is 20.7. The molecule has 0 amide bonds. The van der Waals surface area contributed by atoms with Gasteiger partial charge in [-0.3, -0.25) is 14.3 Å². The summed E-state index contributed by atoms with van der Waals surface area (Å²) >= 11 is 0. The maximum absolute atomic E-state index is 12.7. The minimum absolute atomic E-state index is 0.252. The molecule has 0 bridgehead atoms. The zero-order valence-corrected chi connectivity index (χ0v) is 24.8. The van der Waals surface area contributed by atoms with Crippen molar-refractivity contribution in [1.82, 2.24) is 9.55 Å². The van der Waals surface area contributed by atoms with Crippen molar-refractivity contribution in [3.8, 4) is 0 Å². The molecule has 0 radical (unpaired) electrons. The minimum Gasteiger partial charge on any atom is -0.401 e. The van der Waals surface area contributed by atoms with Crippen molar-refractivity contribution in [3.05, 3.63) is 105 Å². The predicted octanol–water partition coefficient (Wildman–Crippen LogP) is 4.21. The van der Waals surface area contributed by atoms with E-state index in [1.165, 1.54) is 10.8 Å². The molecule has 7 nitrogen and oxygen atoms in total. The van der Waals surface area contributed by atoms with Crippen LogP contribution in [0.1, 0.15) is 39.0 Å². The van der Waals surface area contributed by atoms with Crippen LogP contribution in [0.5, 0.6) is 0 Å². The van der Waals surface area contributed by atoms with Crippen molar-refractivity contribution >= 4 is 25.8 Å². The van der Waals surface area contributed by atoms with Gasteiger partial charge in [-0.05, 0) is 47.6 Å². The Balaban J connectivity index is 1.85. The molecule has 3 aromatic rings. The van der Waals surface area contributed by atoms with E-state index in [-0.39, 0.29) is 5.04 Å². The van der Waals surface area contributed by atoms with E-state index < -0.39 is 45.1 Å². The second-order valence-electron chi connectivity index (χ2n) is 11.4. The highest BCUT2D eigenvalue weighted by atomic mass is 31.2. The lowest BCUT2D eigenvalue weighted by molar-refractivity contribution is 0.00687. The minimum atomic E-state index is -2.92. The number of aromatic nitrogens is 2. The van der Waals surface area contributed by atoms with Crippen LogP contribution in [0.4, 0.5) is 0 Å². The summed E-state index contributed by atoms with van der Waals surface area (Å²) in [5.74, 6) is 1.70. The van der Waals surface area contributed by atoms with Gasteiger partial charge in [0.2, 0.25) is 0 Å². The lowest BCUT2D eigenvalue weighted by Gasteiger charge is -2.45. The Hall–Kier alpha value is -2.77. The van der Waals surface area contributed by atoms with Crippen LogP contribution in [0, 0.1) is 6.92 Å². The topological polar surface area (TPSA) is 90.4 Å². The fourth-order valence-electron chi connectivity index (χ4n) is 5.13. The Labute approximate surface area is 225 Å². The average Bonchev–Trinajstić information content (AvgIpc) is 3.25. The van der Waals surface area contributed by atoms with Crippen molar-refractivity contribution < 1.29 is 13.7 Å². The van der Waals surface area contributed by atoms with Gasteiger partial charge in [0.25, 0.3) is 13.9 Å². The molecule has 202 valence electrons. The average molecular weight is 553 g/mol. The molecule has 0 aliphatic carbocycles. The molecular weight excluding hydrogens is 515 g/mol. The van der Waals surface area contributed by atoms with Gasteiger partial charge in [-0.2, -0.15) is 0 Å². The fourth-order valence-corrected chi connectivity index (χ4v) is 10.4. The highest BCUT2D eigenvalue weighted by Crippen LogP contribution is 2.43. The van der Waals surface area contributed by atoms with Crippen molar-refractivity contribution in [2.75, 3.05) is 13.3 Å². The number of nitrogens with zero attached hydrogens (tertiary/aromatic N) is 1. The molecule has 38 heavy (non-hydrogen) atoms. The van der Waals surface area contributed by atoms with Crippen molar-refractivity contribution in [2.45, 2.75) is 57.6 Å². The monoisotopic (exact) mass is 552 g/mol. The maximum atomic E-state index is 12.7. The van der Waals surface area contributed by atoms with Crippen LogP contribution in [0.2, 0.25) is 5.04 Å². The second-order valence-corrected chi connectivity index (χ2v) is 18.8. The summed E-state index contributed by atoms with van der Waals surface area (Å²) in [6.07, 6.45) is 2.13. The van der Waals surface area contributed by atoms with Crippen molar-refractivity contribution in [3.63, 3.8) is 0 Å². The zero-order valence-electron chi connectivity index (χ0n) is 22.9. The Morgan fingerprint density at radius 1 is 1.03 bits per heavy atom. The summed E-state index contributed by atoms with van der Waals surface area (Å²) in [5.41, 5.74) is -0.530. The Bertz CT molecular complexity index is 1410. The number of ether oxygens (including phenoxy) is 1. The molecular formula is C29H37N2O5PSi. The lowest BCUT2D eigenvalue weighted by atomic mass is 10.2. The SMILES string of the molecule is Cc1cn([C@H]2C[C@@H](O[Si](c3ccccc3)(c3ccccc3)C(C)(C)C)[C@@H](/C=C/P(C)(C)=O)O2)c(=O)[nH]c1=O. The summed E-state index contributed by atoms with van der Waals surface area (Å²) < 4.78 is 27.7. The van der Waals surface area contributed by atoms with E-state index in [0.717, 1.165) is 10.4 Å². The van der Waals surface area contributed by atoms with Crippen LogP contribution >= 0.6 is 7.14 Å². The first-order valence-electron chi connectivity index (χ1n) is 12.8. The van der Waals surface area contributed by atoms with E-state index >= 15 is 0 Å². The smallest absolute Gasteiger partial charge is 0.330 e. The van der Waals surface area contributed by atoms with Crippen LogP contribution in [-0.2, 0) is 13.7 Å². The van der Waals surface area contributed by atoms with Gasteiger partial charge < -0.3 is 13.7 Å². The van der Waals surface area contributed by atoms with Gasteiger partial charge in [0.1, 0.15) is 19.5 Å². The van der Waals surface area contributed by atoms with Crippen LogP contribution in [0.25, 0.3) is 0 Å². The number of aryl methyl sites for hydroxylation is 1. The molecule has 0 saturated carbocycles. The first-order valence-corrected chi connectivity index (χ1v) is 17.4. The fraction of sp³-hybridized carbons (Fsp3) is 0.379. The number of nitrogens with one attached hydrogen (secondary N) is 1. The molecule has 0 unspecified atom stereocenters. The molecule has 1 aromatic heterocycles. The van der Waals surface area contributed by atoms with Crippen LogP contribution < -0.4 is 21.6 Å². The Morgan fingerprint density at radius 2 is 1.58 bits per heavy atom. The summed E-state index contributed by atoms with van der Waals surface area (Å²) in [7, 11) is -5.40. The van der Waals surface area contributed by atoms with Gasteiger partial charge in [0.05, 0.1) is 6.10 Å². The standard InChI is InChI=1S/C29H37N2O5PSi/c1-21-20-31(28(33)30-27(21)32)26-19-25(24(35-26)17-18-37(5,6)34)36-38(29(2,3)4,22-13-9-7-10-14-22)23-15-11-8-12-16-23/h7-18,20,24-26H,19H2,1-6H3,(H,30,32,33)/b18-17+/t24-,25-,26-/m1/s1. The molecule has 1 saturated heterocycles. The van der Waals surface area contributed by atoms with Crippen LogP contribution in [0.15, 0.2) is 88.3 Å².